The highest BCUT2D eigenvalue weighted by Gasteiger charge is 2.67. The van der Waals surface area contributed by atoms with Crippen LogP contribution in [0.3, 0.4) is 0 Å². The van der Waals surface area contributed by atoms with Crippen LogP contribution in [0.2, 0.25) is 0 Å². The molecule has 6 heterocycles. The van der Waals surface area contributed by atoms with Crippen LogP contribution in [-0.4, -0.2) is 41.8 Å². The molecular weight excluding hydrogens is 504 g/mol. The van der Waals surface area contributed by atoms with E-state index in [0.717, 1.165) is 22.1 Å². The first-order valence-corrected chi connectivity index (χ1v) is 12.7. The fourth-order valence-electron chi connectivity index (χ4n) is 5.33. The van der Waals surface area contributed by atoms with Gasteiger partial charge < -0.3 is 31.2 Å². The highest BCUT2D eigenvalue weighted by atomic mass is 15.6. The number of para-hydroxylation sites is 4. The molecule has 8 rings (SSSR count). The molecule has 0 aliphatic carbocycles. The summed E-state index contributed by atoms with van der Waals surface area (Å²) in [6, 6.07) is 27.1. The summed E-state index contributed by atoms with van der Waals surface area (Å²) in [6.45, 7) is 0. The second kappa shape index (κ2) is 8.36. The molecule has 194 valence electrons. The molecule has 0 spiro atoms. The molecule has 6 N–H and O–H groups in total. The van der Waals surface area contributed by atoms with E-state index >= 15 is 0 Å². The molecule has 12 nitrogen and oxygen atoms in total. The van der Waals surface area contributed by atoms with Gasteiger partial charge in [-0.05, 0) is 48.5 Å². The van der Waals surface area contributed by atoms with Crippen LogP contribution >= 0.6 is 0 Å². The maximum atomic E-state index is 4.79. The first-order chi connectivity index (χ1) is 19.7. The molecule has 2 aliphatic heterocycles. The fraction of sp³-hybridized carbons (Fsp3) is 0.0714. The van der Waals surface area contributed by atoms with Crippen molar-refractivity contribution in [3.05, 3.63) is 109 Å². The van der Waals surface area contributed by atoms with E-state index in [9.17, 15) is 0 Å². The van der Waals surface area contributed by atoms with Gasteiger partial charge >= 0.3 is 0 Å². The Balaban J connectivity index is 1.28. The van der Waals surface area contributed by atoms with Crippen LogP contribution in [0, 0.1) is 0 Å². The summed E-state index contributed by atoms with van der Waals surface area (Å²) in [5.41, 5.74) is 2.71. The number of nitrogens with zero attached hydrogens (tertiary/aromatic N) is 6. The summed E-state index contributed by atoms with van der Waals surface area (Å²) in [4.78, 5) is 34.8. The van der Waals surface area contributed by atoms with Crippen LogP contribution in [0.4, 0.5) is 11.9 Å². The van der Waals surface area contributed by atoms with Crippen molar-refractivity contribution in [3.8, 4) is 0 Å². The quantitative estimate of drug-likeness (QED) is 0.205. The van der Waals surface area contributed by atoms with Crippen molar-refractivity contribution in [2.24, 2.45) is 9.98 Å². The monoisotopic (exact) mass is 526 g/mol. The first-order valence-electron chi connectivity index (χ1n) is 12.7. The third kappa shape index (κ3) is 3.32. The lowest BCUT2D eigenvalue weighted by Gasteiger charge is -2.36. The van der Waals surface area contributed by atoms with E-state index in [-0.39, 0.29) is 0 Å². The number of imidazole rings is 2. The number of guanidine groups is 2. The van der Waals surface area contributed by atoms with Crippen molar-refractivity contribution >= 4 is 45.9 Å². The molecule has 0 bridgehead atoms. The van der Waals surface area contributed by atoms with Gasteiger partial charge in [0.05, 0.1) is 33.5 Å². The van der Waals surface area contributed by atoms with Gasteiger partial charge in [-0.2, -0.15) is 9.98 Å². The zero-order valence-corrected chi connectivity index (χ0v) is 20.9. The van der Waals surface area contributed by atoms with E-state index in [1.807, 2.05) is 84.9 Å². The number of aromatic amines is 2. The van der Waals surface area contributed by atoms with Gasteiger partial charge in [0, 0.05) is 12.4 Å². The summed E-state index contributed by atoms with van der Waals surface area (Å²) in [5, 5.41) is 14.2. The van der Waals surface area contributed by atoms with Gasteiger partial charge in [0.15, 0.2) is 0 Å². The number of rotatable bonds is 4. The Morgan fingerprint density at radius 1 is 0.500 bits per heavy atom. The van der Waals surface area contributed by atoms with Crippen molar-refractivity contribution in [2.45, 2.75) is 11.3 Å². The lowest BCUT2D eigenvalue weighted by molar-refractivity contribution is 0.197. The van der Waals surface area contributed by atoms with E-state index in [0.29, 0.717) is 35.2 Å². The van der Waals surface area contributed by atoms with Crippen molar-refractivity contribution < 1.29 is 0 Å². The fourth-order valence-corrected chi connectivity index (χ4v) is 5.33. The van der Waals surface area contributed by atoms with Gasteiger partial charge in [-0.25, -0.2) is 9.97 Å². The Morgan fingerprint density at radius 2 is 0.925 bits per heavy atom. The molecular formula is C28H22N12. The zero-order chi connectivity index (χ0) is 26.6. The van der Waals surface area contributed by atoms with E-state index in [4.69, 9.17) is 20.0 Å². The van der Waals surface area contributed by atoms with Crippen molar-refractivity contribution in [3.63, 3.8) is 0 Å². The highest BCUT2D eigenvalue weighted by Crippen LogP contribution is 2.42. The van der Waals surface area contributed by atoms with E-state index in [1.165, 1.54) is 0 Å². The topological polar surface area (TPSA) is 156 Å². The molecule has 0 saturated carbocycles. The molecule has 2 aliphatic rings. The van der Waals surface area contributed by atoms with Crippen LogP contribution in [0.25, 0.3) is 22.1 Å². The highest BCUT2D eigenvalue weighted by molar-refractivity contribution is 5.95. The minimum Gasteiger partial charge on any atom is -0.324 e. The molecule has 2 aromatic carbocycles. The van der Waals surface area contributed by atoms with Crippen molar-refractivity contribution in [1.29, 1.82) is 0 Å². The standard InChI is InChI=1S/C28H22N12/c1-2-10-18-17(9-1)31-23(32-18)35-25-37-27(21-13-5-7-15-29-21)28(38-25,22-14-6-8-16-30-22)40-26(39-27)36-24-33-19-11-3-4-12-20(19)34-24/h1-16H,(H3,31,32,35,37,38)(H3,33,34,36,39,40). The molecule has 0 amide bonds. The average Bonchev–Trinajstić information content (AvgIpc) is 3.73. The molecule has 4 aromatic heterocycles. The van der Waals surface area contributed by atoms with Crippen LogP contribution in [0.1, 0.15) is 11.4 Å². The van der Waals surface area contributed by atoms with Crippen molar-refractivity contribution in [1.82, 2.24) is 51.2 Å². The third-order valence-corrected chi connectivity index (χ3v) is 7.07. The van der Waals surface area contributed by atoms with E-state index in [2.05, 4.69) is 41.2 Å². The van der Waals surface area contributed by atoms with Crippen LogP contribution in [0.15, 0.2) is 107 Å². The maximum Gasteiger partial charge on any atom is 0.231 e. The molecule has 12 heteroatoms. The number of nitrogens with one attached hydrogen (secondary N) is 6. The second-order valence-electron chi connectivity index (χ2n) is 9.51. The Kier molecular flexibility index (Phi) is 4.65. The Hall–Kier alpha value is -5.78. The van der Waals surface area contributed by atoms with Crippen LogP contribution < -0.4 is 21.3 Å². The lowest BCUT2D eigenvalue weighted by atomic mass is 9.88. The number of aromatic nitrogens is 6. The maximum absolute atomic E-state index is 4.79. The summed E-state index contributed by atoms with van der Waals surface area (Å²) in [6.07, 6.45) is 3.50. The second-order valence-corrected chi connectivity index (χ2v) is 9.51. The molecule has 0 radical (unpaired) electrons. The minimum absolute atomic E-state index is 0.458. The van der Waals surface area contributed by atoms with Gasteiger partial charge in [0.25, 0.3) is 0 Å². The Labute approximate surface area is 227 Å². The molecule has 0 atom stereocenters. The smallest absolute Gasteiger partial charge is 0.231 e. The molecule has 2 fully saturated rings. The number of fused-ring (bicyclic) bond motifs is 3. The van der Waals surface area contributed by atoms with Gasteiger partial charge in [0.2, 0.25) is 35.1 Å². The summed E-state index contributed by atoms with van der Waals surface area (Å²) in [7, 11) is 0. The number of benzene rings is 2. The first kappa shape index (κ1) is 22.2. The Bertz CT molecular complexity index is 1700. The van der Waals surface area contributed by atoms with E-state index in [1.54, 1.807) is 12.4 Å². The van der Waals surface area contributed by atoms with Gasteiger partial charge in [-0.3, -0.25) is 9.97 Å². The average molecular weight is 527 g/mol. The Morgan fingerprint density at radius 3 is 1.32 bits per heavy atom. The SMILES string of the molecule is c1ccc(C23NC(=Nc4nc5ccccc5[nH]4)NC2(c2ccccn2)NC(=Nc2nc4ccccc4[nH]2)N3)nc1. The summed E-state index contributed by atoms with van der Waals surface area (Å²) < 4.78 is 0. The summed E-state index contributed by atoms with van der Waals surface area (Å²) >= 11 is 0. The minimum atomic E-state index is -1.07. The van der Waals surface area contributed by atoms with Crippen LogP contribution in [0.5, 0.6) is 0 Å². The van der Waals surface area contributed by atoms with E-state index < -0.39 is 11.3 Å². The number of hydrogen-bond acceptors (Lipinski definition) is 6. The third-order valence-electron chi connectivity index (χ3n) is 7.07. The molecule has 0 unspecified atom stereocenters. The number of H-pyrrole nitrogens is 2. The number of aliphatic imine (C=N–C) groups is 2. The van der Waals surface area contributed by atoms with Crippen molar-refractivity contribution in [2.75, 3.05) is 0 Å². The largest absolute Gasteiger partial charge is 0.324 e. The number of hydrogen-bond donors (Lipinski definition) is 6. The van der Waals surface area contributed by atoms with Gasteiger partial charge in [0.1, 0.15) is 0 Å². The zero-order valence-electron chi connectivity index (χ0n) is 20.9. The summed E-state index contributed by atoms with van der Waals surface area (Å²) in [5.74, 6) is 1.86. The number of pyridine rings is 2. The molecule has 40 heavy (non-hydrogen) atoms. The van der Waals surface area contributed by atoms with Gasteiger partial charge in [-0.15, -0.1) is 0 Å². The molecule has 2 saturated heterocycles. The van der Waals surface area contributed by atoms with Gasteiger partial charge in [-0.1, -0.05) is 36.4 Å². The van der Waals surface area contributed by atoms with Crippen LogP contribution in [-0.2, 0) is 11.3 Å². The predicted octanol–water partition coefficient (Wildman–Crippen LogP) is 3.00. The predicted molar refractivity (Wildman–Crippen MR) is 151 cm³/mol. The lowest BCUT2D eigenvalue weighted by Crippen LogP contribution is -2.61. The molecule has 6 aromatic rings. The normalized spacial score (nSPS) is 21.4.